The number of piperazine rings is 1. The van der Waals surface area contributed by atoms with Crippen molar-refractivity contribution in [1.29, 1.82) is 0 Å². The second kappa shape index (κ2) is 9.70. The van der Waals surface area contributed by atoms with Crippen LogP contribution in [0.25, 0.3) is 22.2 Å². The molecule has 3 aromatic heterocycles. The number of hydrogen-bond acceptors (Lipinski definition) is 8. The van der Waals surface area contributed by atoms with Crippen LogP contribution in [0, 0.1) is 0 Å². The minimum absolute atomic E-state index is 0.206. The van der Waals surface area contributed by atoms with E-state index in [1.165, 1.54) is 0 Å². The molecule has 1 aliphatic heterocycles. The smallest absolute Gasteiger partial charge is 0.271 e. The molecule has 0 radical (unpaired) electrons. The quantitative estimate of drug-likeness (QED) is 0.341. The molecule has 0 bridgehead atoms. The van der Waals surface area contributed by atoms with Crippen molar-refractivity contribution in [3.8, 4) is 17.1 Å². The summed E-state index contributed by atoms with van der Waals surface area (Å²) in [5.41, 5.74) is 4.26. The van der Waals surface area contributed by atoms with E-state index in [1.54, 1.807) is 24.2 Å². The van der Waals surface area contributed by atoms with Gasteiger partial charge in [-0.1, -0.05) is 18.7 Å². The minimum Gasteiger partial charge on any atom is -0.478 e. The van der Waals surface area contributed by atoms with Crippen molar-refractivity contribution in [3.05, 3.63) is 55.1 Å². The standard InChI is InChI=1S/C25H29N9O2/c1-16(34-12-10-32(2)11-13-34)23(35)28-20-7-5-6-17-18(14-27-22(17)20)19-8-9-26-25(29-19)30-21-15-33(3)31-24(21)36-4/h5-9,14-15,27H,1,10-13H2,2-4H3,(H,28,35)(H,26,29,30). The van der Waals surface area contributed by atoms with Crippen molar-refractivity contribution >= 4 is 34.1 Å². The Morgan fingerprint density at radius 2 is 1.94 bits per heavy atom. The normalized spacial score (nSPS) is 14.1. The van der Waals surface area contributed by atoms with E-state index in [9.17, 15) is 4.79 Å². The molecule has 3 N–H and O–H groups in total. The third-order valence-corrected chi connectivity index (χ3v) is 6.28. The van der Waals surface area contributed by atoms with Crippen LogP contribution in [-0.4, -0.2) is 80.8 Å². The molecule has 11 nitrogen and oxygen atoms in total. The Bertz CT molecular complexity index is 1420. The zero-order valence-electron chi connectivity index (χ0n) is 20.6. The number of benzene rings is 1. The Kier molecular flexibility index (Phi) is 6.30. The van der Waals surface area contributed by atoms with Crippen molar-refractivity contribution < 1.29 is 9.53 Å². The Morgan fingerprint density at radius 1 is 1.14 bits per heavy atom. The Balaban J connectivity index is 1.37. The molecule has 4 aromatic rings. The molecule has 0 atom stereocenters. The third-order valence-electron chi connectivity index (χ3n) is 6.28. The van der Waals surface area contributed by atoms with Crippen LogP contribution in [0.15, 0.2) is 55.1 Å². The van der Waals surface area contributed by atoms with E-state index < -0.39 is 0 Å². The molecule has 1 saturated heterocycles. The van der Waals surface area contributed by atoms with Crippen LogP contribution in [0.1, 0.15) is 0 Å². The first kappa shape index (κ1) is 23.4. The van der Waals surface area contributed by atoms with Crippen molar-refractivity contribution in [2.24, 2.45) is 7.05 Å². The van der Waals surface area contributed by atoms with Gasteiger partial charge in [0.1, 0.15) is 5.69 Å². The number of nitrogens with one attached hydrogen (secondary N) is 3. The molecule has 1 aromatic carbocycles. The van der Waals surface area contributed by atoms with Crippen LogP contribution in [0.4, 0.5) is 17.3 Å². The van der Waals surface area contributed by atoms with Crippen LogP contribution in [0.3, 0.4) is 0 Å². The fourth-order valence-corrected chi connectivity index (χ4v) is 4.28. The van der Waals surface area contributed by atoms with Gasteiger partial charge in [0.15, 0.2) is 0 Å². The molecule has 0 aliphatic carbocycles. The molecule has 0 saturated carbocycles. The number of hydrogen-bond donors (Lipinski definition) is 3. The van der Waals surface area contributed by atoms with Gasteiger partial charge in [-0.3, -0.25) is 9.48 Å². The van der Waals surface area contributed by atoms with E-state index in [1.807, 2.05) is 42.4 Å². The summed E-state index contributed by atoms with van der Waals surface area (Å²) < 4.78 is 6.95. The van der Waals surface area contributed by atoms with Crippen LogP contribution in [0.5, 0.6) is 5.88 Å². The van der Waals surface area contributed by atoms with Gasteiger partial charge in [0.05, 0.1) is 35.9 Å². The number of carbonyl (C=O) groups excluding carboxylic acids is 1. The maximum absolute atomic E-state index is 13.0. The fourth-order valence-electron chi connectivity index (χ4n) is 4.28. The van der Waals surface area contributed by atoms with Gasteiger partial charge in [0.25, 0.3) is 11.8 Å². The van der Waals surface area contributed by atoms with E-state index >= 15 is 0 Å². The van der Waals surface area contributed by atoms with Gasteiger partial charge in [-0.05, 0) is 19.2 Å². The number of methoxy groups -OCH3 is 1. The number of anilines is 3. The van der Waals surface area contributed by atoms with Crippen molar-refractivity contribution in [3.63, 3.8) is 0 Å². The second-order valence-electron chi connectivity index (χ2n) is 8.74. The molecule has 11 heteroatoms. The largest absolute Gasteiger partial charge is 0.478 e. The summed E-state index contributed by atoms with van der Waals surface area (Å²) >= 11 is 0. The maximum atomic E-state index is 13.0. The summed E-state index contributed by atoms with van der Waals surface area (Å²) in [6.45, 7) is 7.43. The summed E-state index contributed by atoms with van der Waals surface area (Å²) in [4.78, 5) is 29.5. The van der Waals surface area contributed by atoms with Gasteiger partial charge in [-0.2, -0.15) is 0 Å². The highest BCUT2D eigenvalue weighted by Crippen LogP contribution is 2.32. The third kappa shape index (κ3) is 4.60. The number of likely N-dealkylation sites (N-methyl/N-ethyl adjacent to an activating group) is 1. The average Bonchev–Trinajstić information content (AvgIpc) is 3.47. The zero-order valence-corrected chi connectivity index (χ0v) is 20.6. The lowest BCUT2D eigenvalue weighted by molar-refractivity contribution is -0.114. The number of aromatic amines is 1. The van der Waals surface area contributed by atoms with E-state index in [0.717, 1.165) is 48.3 Å². The lowest BCUT2D eigenvalue weighted by Gasteiger charge is -2.34. The highest BCUT2D eigenvalue weighted by atomic mass is 16.5. The molecular weight excluding hydrogens is 458 g/mol. The van der Waals surface area contributed by atoms with Crippen molar-refractivity contribution in [2.75, 3.05) is 51.0 Å². The predicted octanol–water partition coefficient (Wildman–Crippen LogP) is 2.81. The highest BCUT2D eigenvalue weighted by molar-refractivity contribution is 6.09. The van der Waals surface area contributed by atoms with Crippen LogP contribution < -0.4 is 15.4 Å². The number of nitrogens with zero attached hydrogens (tertiary/aromatic N) is 6. The van der Waals surface area contributed by atoms with Crippen molar-refractivity contribution in [1.82, 2.24) is 34.5 Å². The Morgan fingerprint density at radius 3 is 2.72 bits per heavy atom. The molecule has 1 fully saturated rings. The van der Waals surface area contributed by atoms with Crippen molar-refractivity contribution in [2.45, 2.75) is 0 Å². The average molecular weight is 488 g/mol. The van der Waals surface area contributed by atoms with E-state index in [-0.39, 0.29) is 5.91 Å². The summed E-state index contributed by atoms with van der Waals surface area (Å²) in [5, 5.41) is 11.4. The number of aryl methyl sites for hydroxylation is 1. The lowest BCUT2D eigenvalue weighted by Crippen LogP contribution is -2.45. The maximum Gasteiger partial charge on any atom is 0.271 e. The molecule has 1 amide bonds. The topological polar surface area (TPSA) is 116 Å². The van der Waals surface area contributed by atoms with Crippen LogP contribution >= 0.6 is 0 Å². The molecule has 36 heavy (non-hydrogen) atoms. The van der Waals surface area contributed by atoms with Gasteiger partial charge >= 0.3 is 0 Å². The van der Waals surface area contributed by atoms with Gasteiger partial charge in [0.2, 0.25) is 5.95 Å². The highest BCUT2D eigenvalue weighted by Gasteiger charge is 2.21. The predicted molar refractivity (Wildman–Crippen MR) is 139 cm³/mol. The van der Waals surface area contributed by atoms with Crippen LogP contribution in [0.2, 0.25) is 0 Å². The second-order valence-corrected chi connectivity index (χ2v) is 8.74. The molecule has 186 valence electrons. The molecular formula is C25H29N9O2. The number of aromatic nitrogens is 5. The number of rotatable bonds is 7. The fraction of sp³-hybridized carbons (Fsp3) is 0.280. The minimum atomic E-state index is -0.206. The summed E-state index contributed by atoms with van der Waals surface area (Å²) in [6.07, 6.45) is 5.37. The van der Waals surface area contributed by atoms with Gasteiger partial charge in [-0.15, -0.1) is 5.10 Å². The number of para-hydroxylation sites is 1. The molecule has 4 heterocycles. The molecule has 1 aliphatic rings. The zero-order chi connectivity index (χ0) is 25.2. The number of ether oxygens (including phenoxy) is 1. The first-order chi connectivity index (χ1) is 17.4. The van der Waals surface area contributed by atoms with Gasteiger partial charge < -0.3 is 30.2 Å². The molecule has 5 rings (SSSR count). The van der Waals surface area contributed by atoms with E-state index in [4.69, 9.17) is 4.74 Å². The molecule has 0 unspecified atom stereocenters. The van der Waals surface area contributed by atoms with E-state index in [0.29, 0.717) is 28.9 Å². The number of H-pyrrole nitrogens is 1. The van der Waals surface area contributed by atoms with Crippen LogP contribution in [-0.2, 0) is 11.8 Å². The molecule has 0 spiro atoms. The number of fused-ring (bicyclic) bond motifs is 1. The summed E-state index contributed by atoms with van der Waals surface area (Å²) in [6, 6.07) is 7.62. The van der Waals surface area contributed by atoms with Gasteiger partial charge in [-0.25, -0.2) is 9.97 Å². The van der Waals surface area contributed by atoms with E-state index in [2.05, 4.69) is 49.2 Å². The first-order valence-electron chi connectivity index (χ1n) is 11.6. The number of carbonyl (C=O) groups is 1. The Labute approximate surface area is 208 Å². The Hall–Kier alpha value is -4.38. The summed E-state index contributed by atoms with van der Waals surface area (Å²) in [5.74, 6) is 0.667. The first-order valence-corrected chi connectivity index (χ1v) is 11.6. The van der Waals surface area contributed by atoms with Gasteiger partial charge in [0, 0.05) is 56.6 Å². The number of amides is 1. The SMILES string of the molecule is C=C(C(=O)Nc1cccc2c(-c3ccnc(Nc4cn(C)nc4OC)n3)c[nH]c12)N1CCN(C)CC1. The lowest BCUT2D eigenvalue weighted by atomic mass is 10.1. The monoisotopic (exact) mass is 487 g/mol. The summed E-state index contributed by atoms with van der Waals surface area (Å²) in [7, 11) is 5.46.